The van der Waals surface area contributed by atoms with E-state index in [-0.39, 0.29) is 36.7 Å². The summed E-state index contributed by atoms with van der Waals surface area (Å²) in [5.41, 5.74) is 7.62. The lowest BCUT2D eigenvalue weighted by Crippen LogP contribution is -2.62. The standard InChI is InChI=1S/C25H29N5O3S.2ClH/c1-32-20-4-2-19(3-5-20)23(31)25(22-16-33-22,21-17-34-24(26)28-21)30-14-12-29(13-15-30)11-8-18-6-9-27-10-7-18;;/h2-7,9-10,17,22H,8,11-16H2,1H3,(H2,26,28);2*1H. The maximum Gasteiger partial charge on any atom is 0.192 e. The minimum Gasteiger partial charge on any atom is -0.497 e. The second-order valence-electron chi connectivity index (χ2n) is 8.65. The van der Waals surface area contributed by atoms with Crippen molar-refractivity contribution in [1.29, 1.82) is 0 Å². The first-order valence-electron chi connectivity index (χ1n) is 11.5. The molecule has 2 aliphatic heterocycles. The van der Waals surface area contributed by atoms with E-state index in [2.05, 4.69) is 31.9 Å². The van der Waals surface area contributed by atoms with Gasteiger partial charge in [0.05, 0.1) is 19.4 Å². The van der Waals surface area contributed by atoms with Gasteiger partial charge in [-0.3, -0.25) is 14.7 Å². The molecule has 0 saturated carbocycles. The first-order valence-corrected chi connectivity index (χ1v) is 12.4. The summed E-state index contributed by atoms with van der Waals surface area (Å²) in [7, 11) is 1.62. The Morgan fingerprint density at radius 1 is 1.14 bits per heavy atom. The molecule has 2 unspecified atom stereocenters. The molecule has 4 heterocycles. The molecule has 3 aromatic rings. The number of ether oxygens (including phenoxy) is 2. The van der Waals surface area contributed by atoms with Gasteiger partial charge in [-0.25, -0.2) is 4.98 Å². The average Bonchev–Trinajstić information content (AvgIpc) is 3.65. The number of nitrogens with zero attached hydrogens (tertiary/aromatic N) is 4. The van der Waals surface area contributed by atoms with Gasteiger partial charge < -0.3 is 20.1 Å². The Balaban J connectivity index is 0.00000180. The van der Waals surface area contributed by atoms with Gasteiger partial charge >= 0.3 is 0 Å². The molecule has 8 nitrogen and oxygen atoms in total. The number of carbonyl (C=O) groups is 1. The summed E-state index contributed by atoms with van der Waals surface area (Å²) in [5.74, 6) is 0.707. The Morgan fingerprint density at radius 3 is 2.36 bits per heavy atom. The third-order valence-corrected chi connectivity index (χ3v) is 7.42. The van der Waals surface area contributed by atoms with E-state index in [0.717, 1.165) is 39.1 Å². The monoisotopic (exact) mass is 551 g/mol. The third-order valence-electron chi connectivity index (χ3n) is 6.75. The number of aromatic nitrogens is 2. The number of thiazole rings is 1. The zero-order valence-electron chi connectivity index (χ0n) is 20.0. The van der Waals surface area contributed by atoms with Gasteiger partial charge in [0.25, 0.3) is 0 Å². The van der Waals surface area contributed by atoms with Crippen molar-refractivity contribution < 1.29 is 14.3 Å². The van der Waals surface area contributed by atoms with Crippen LogP contribution in [0.3, 0.4) is 0 Å². The van der Waals surface area contributed by atoms with Crippen LogP contribution in [0.15, 0.2) is 54.2 Å². The van der Waals surface area contributed by atoms with Crippen LogP contribution in [0, 0.1) is 0 Å². The molecular formula is C25H31Cl2N5O3S. The highest BCUT2D eigenvalue weighted by molar-refractivity contribution is 7.13. The van der Waals surface area contributed by atoms with Crippen LogP contribution >= 0.6 is 36.2 Å². The number of benzene rings is 1. The van der Waals surface area contributed by atoms with E-state index in [1.54, 1.807) is 7.11 Å². The molecule has 2 fully saturated rings. The Morgan fingerprint density at radius 2 is 1.81 bits per heavy atom. The molecule has 0 amide bonds. The number of ketones is 1. The fraction of sp³-hybridized carbons (Fsp3) is 0.400. The normalized spacial score (nSPS) is 19.4. The molecule has 1 aromatic carbocycles. The summed E-state index contributed by atoms with van der Waals surface area (Å²) in [6.45, 7) is 4.73. The summed E-state index contributed by atoms with van der Waals surface area (Å²) in [4.78, 5) is 27.6. The SMILES string of the molecule is COc1ccc(C(=O)C(c2csc(N)n2)(C2CO2)N2CCN(CCc3ccncc3)CC2)cc1.Cl.Cl. The largest absolute Gasteiger partial charge is 0.497 e. The number of nitrogens with two attached hydrogens (primary N) is 1. The summed E-state index contributed by atoms with van der Waals surface area (Å²) >= 11 is 1.36. The first-order chi connectivity index (χ1) is 16.6. The fourth-order valence-electron chi connectivity index (χ4n) is 4.81. The number of piperazine rings is 1. The number of methoxy groups -OCH3 is 1. The lowest BCUT2D eigenvalue weighted by Gasteiger charge is -2.45. The molecule has 2 saturated heterocycles. The first kappa shape index (κ1) is 28.3. The maximum absolute atomic E-state index is 14.2. The Bertz CT molecular complexity index is 1120. The molecule has 0 radical (unpaired) electrons. The van der Waals surface area contributed by atoms with Crippen LogP contribution in [0.5, 0.6) is 5.75 Å². The minimum atomic E-state index is -0.986. The van der Waals surface area contributed by atoms with Crippen molar-refractivity contribution >= 4 is 47.1 Å². The number of nitrogen functional groups attached to an aromatic ring is 1. The zero-order valence-corrected chi connectivity index (χ0v) is 22.5. The number of hydrogen-bond donors (Lipinski definition) is 1. The highest BCUT2D eigenvalue weighted by atomic mass is 35.5. The molecule has 2 N–H and O–H groups in total. The van der Waals surface area contributed by atoms with Crippen molar-refractivity contribution in [2.45, 2.75) is 18.1 Å². The van der Waals surface area contributed by atoms with E-state index in [9.17, 15) is 4.79 Å². The molecule has 36 heavy (non-hydrogen) atoms. The smallest absolute Gasteiger partial charge is 0.192 e. The van der Waals surface area contributed by atoms with Gasteiger partial charge in [0, 0.05) is 56.1 Å². The van der Waals surface area contributed by atoms with Gasteiger partial charge in [-0.15, -0.1) is 36.2 Å². The van der Waals surface area contributed by atoms with Crippen LogP contribution < -0.4 is 10.5 Å². The van der Waals surface area contributed by atoms with Crippen LogP contribution in [0.25, 0.3) is 0 Å². The Kier molecular flexibility index (Phi) is 9.68. The van der Waals surface area contributed by atoms with Gasteiger partial charge in [0.15, 0.2) is 16.5 Å². The predicted octanol–water partition coefficient (Wildman–Crippen LogP) is 3.31. The van der Waals surface area contributed by atoms with Gasteiger partial charge in [-0.05, 0) is 48.4 Å². The van der Waals surface area contributed by atoms with Gasteiger partial charge in [0.1, 0.15) is 11.9 Å². The number of carbonyl (C=O) groups excluding carboxylic acids is 1. The second kappa shape index (κ2) is 12.3. The number of Topliss-reactive ketones (excluding diaryl/α,β-unsaturated/α-hetero) is 1. The third kappa shape index (κ3) is 5.66. The van der Waals surface area contributed by atoms with Crippen molar-refractivity contribution in [1.82, 2.24) is 19.8 Å². The van der Waals surface area contributed by atoms with E-state index in [0.29, 0.717) is 28.7 Å². The zero-order chi connectivity index (χ0) is 23.5. The van der Waals surface area contributed by atoms with Gasteiger partial charge in [0.2, 0.25) is 0 Å². The molecule has 0 bridgehead atoms. The molecule has 0 spiro atoms. The lowest BCUT2D eigenvalue weighted by atomic mass is 9.81. The number of halogens is 2. The van der Waals surface area contributed by atoms with Gasteiger partial charge in [-0.1, -0.05) is 0 Å². The number of epoxide rings is 1. The van der Waals surface area contributed by atoms with E-state index in [1.165, 1.54) is 16.9 Å². The molecule has 194 valence electrons. The predicted molar refractivity (Wildman–Crippen MR) is 146 cm³/mol. The summed E-state index contributed by atoms with van der Waals surface area (Å²) in [6, 6.07) is 11.4. The van der Waals surface area contributed by atoms with Crippen molar-refractivity contribution in [3.63, 3.8) is 0 Å². The van der Waals surface area contributed by atoms with Crippen molar-refractivity contribution in [3.05, 3.63) is 71.0 Å². The summed E-state index contributed by atoms with van der Waals surface area (Å²) < 4.78 is 11.1. The Labute approximate surface area is 227 Å². The minimum absolute atomic E-state index is 0. The molecule has 2 atom stereocenters. The highest BCUT2D eigenvalue weighted by Crippen LogP contribution is 2.43. The molecule has 2 aromatic heterocycles. The molecule has 2 aliphatic rings. The van der Waals surface area contributed by atoms with Crippen LogP contribution in [0.2, 0.25) is 0 Å². The molecule has 0 aliphatic carbocycles. The summed E-state index contributed by atoms with van der Waals surface area (Å²) in [5, 5.41) is 2.37. The van der Waals surface area contributed by atoms with Crippen LogP contribution in [-0.2, 0) is 16.7 Å². The van der Waals surface area contributed by atoms with Gasteiger partial charge in [-0.2, -0.15) is 0 Å². The number of hydrogen-bond acceptors (Lipinski definition) is 9. The number of rotatable bonds is 9. The average molecular weight is 553 g/mol. The number of anilines is 1. The second-order valence-corrected chi connectivity index (χ2v) is 9.54. The topological polar surface area (TPSA) is 97.1 Å². The highest BCUT2D eigenvalue weighted by Gasteiger charge is 2.59. The van der Waals surface area contributed by atoms with Crippen LogP contribution in [-0.4, -0.2) is 78.1 Å². The van der Waals surface area contributed by atoms with E-state index in [1.807, 2.05) is 42.0 Å². The van der Waals surface area contributed by atoms with Crippen molar-refractivity contribution in [3.8, 4) is 5.75 Å². The molecule has 11 heteroatoms. The van der Waals surface area contributed by atoms with Crippen molar-refractivity contribution in [2.75, 3.05) is 52.2 Å². The van der Waals surface area contributed by atoms with Crippen LogP contribution in [0.4, 0.5) is 5.13 Å². The summed E-state index contributed by atoms with van der Waals surface area (Å²) in [6.07, 6.45) is 4.41. The van der Waals surface area contributed by atoms with E-state index in [4.69, 9.17) is 15.2 Å². The lowest BCUT2D eigenvalue weighted by molar-refractivity contribution is 0.0127. The maximum atomic E-state index is 14.2. The van der Waals surface area contributed by atoms with E-state index < -0.39 is 5.54 Å². The fourth-order valence-corrected chi connectivity index (χ4v) is 5.43. The quantitative estimate of drug-likeness (QED) is 0.319. The number of pyridine rings is 1. The van der Waals surface area contributed by atoms with E-state index >= 15 is 0 Å². The molecule has 5 rings (SSSR count). The van der Waals surface area contributed by atoms with Crippen molar-refractivity contribution in [2.24, 2.45) is 0 Å². The Hall–Kier alpha value is -2.27. The van der Waals surface area contributed by atoms with Crippen LogP contribution in [0.1, 0.15) is 21.6 Å². The molecular weight excluding hydrogens is 521 g/mol.